The van der Waals surface area contributed by atoms with E-state index in [1.165, 1.54) is 5.69 Å². The zero-order valence-electron chi connectivity index (χ0n) is 17.0. The third-order valence-electron chi connectivity index (χ3n) is 5.89. The number of aromatic nitrogens is 1. The minimum atomic E-state index is 0.721. The van der Waals surface area contributed by atoms with Crippen molar-refractivity contribution < 1.29 is 4.74 Å². The molecule has 0 atom stereocenters. The number of benzene rings is 3. The molecule has 1 N–H and O–H groups in total. The van der Waals surface area contributed by atoms with E-state index < -0.39 is 0 Å². The van der Waals surface area contributed by atoms with Gasteiger partial charge in [0, 0.05) is 35.4 Å². The molecule has 0 radical (unpaired) electrons. The fraction of sp³-hybridized carbons (Fsp3) is 0.192. The summed E-state index contributed by atoms with van der Waals surface area (Å²) in [4.78, 5) is 5.92. The zero-order valence-corrected chi connectivity index (χ0v) is 17.0. The van der Waals surface area contributed by atoms with Crippen LogP contribution < -0.4 is 4.90 Å². The lowest BCUT2D eigenvalue weighted by atomic mass is 9.97. The first kappa shape index (κ1) is 18.5. The van der Waals surface area contributed by atoms with Crippen LogP contribution in [0.1, 0.15) is 11.1 Å². The molecule has 1 fully saturated rings. The quantitative estimate of drug-likeness (QED) is 0.499. The molecule has 1 aliphatic rings. The molecule has 2 heterocycles. The van der Waals surface area contributed by atoms with Crippen LogP contribution >= 0.6 is 0 Å². The number of anilines is 1. The molecule has 0 amide bonds. The van der Waals surface area contributed by atoms with E-state index in [1.54, 1.807) is 0 Å². The van der Waals surface area contributed by atoms with Gasteiger partial charge in [0.2, 0.25) is 0 Å². The van der Waals surface area contributed by atoms with Gasteiger partial charge in [-0.1, -0.05) is 36.4 Å². The van der Waals surface area contributed by atoms with Crippen molar-refractivity contribution in [2.45, 2.75) is 6.92 Å². The lowest BCUT2D eigenvalue weighted by Gasteiger charge is -2.28. The highest BCUT2D eigenvalue weighted by Gasteiger charge is 2.13. The maximum Gasteiger partial charge on any atom is 0.0994 e. The van der Waals surface area contributed by atoms with Crippen molar-refractivity contribution in [2.75, 3.05) is 31.2 Å². The van der Waals surface area contributed by atoms with Crippen molar-refractivity contribution in [1.82, 2.24) is 4.98 Å². The maximum absolute atomic E-state index is 9.41. The Morgan fingerprint density at radius 2 is 1.70 bits per heavy atom. The highest BCUT2D eigenvalue weighted by atomic mass is 16.5. The number of nitrogens with one attached hydrogen (secondary N) is 1. The van der Waals surface area contributed by atoms with Gasteiger partial charge in [-0.05, 0) is 59.5 Å². The molecule has 3 aromatic carbocycles. The molecule has 1 aliphatic heterocycles. The first-order chi connectivity index (χ1) is 14.7. The molecule has 0 saturated carbocycles. The van der Waals surface area contributed by atoms with Gasteiger partial charge in [0.05, 0.1) is 24.8 Å². The van der Waals surface area contributed by atoms with Crippen LogP contribution in [0.2, 0.25) is 0 Å². The first-order valence-corrected chi connectivity index (χ1v) is 10.3. The van der Waals surface area contributed by atoms with E-state index in [4.69, 9.17) is 4.74 Å². The molecule has 1 aromatic heterocycles. The predicted molar refractivity (Wildman–Crippen MR) is 122 cm³/mol. The van der Waals surface area contributed by atoms with Gasteiger partial charge in [-0.3, -0.25) is 0 Å². The zero-order chi connectivity index (χ0) is 20.5. The third-order valence-corrected chi connectivity index (χ3v) is 5.89. The normalized spacial score (nSPS) is 14.1. The van der Waals surface area contributed by atoms with E-state index in [0.29, 0.717) is 0 Å². The molecule has 0 spiro atoms. The number of aromatic amines is 1. The lowest BCUT2D eigenvalue weighted by Crippen LogP contribution is -2.36. The van der Waals surface area contributed by atoms with Crippen LogP contribution in [-0.2, 0) is 4.74 Å². The number of fused-ring (bicyclic) bond motifs is 1. The fourth-order valence-corrected chi connectivity index (χ4v) is 4.15. The van der Waals surface area contributed by atoms with Gasteiger partial charge >= 0.3 is 0 Å². The molecule has 0 unspecified atom stereocenters. The van der Waals surface area contributed by atoms with Crippen molar-refractivity contribution in [3.8, 4) is 28.5 Å². The minimum Gasteiger partial charge on any atom is -0.378 e. The van der Waals surface area contributed by atoms with E-state index >= 15 is 0 Å². The van der Waals surface area contributed by atoms with E-state index in [1.807, 2.05) is 19.1 Å². The average molecular weight is 393 g/mol. The SMILES string of the molecule is Cc1ccc(-c2cccc3[nH]c(-c4ccc(N5CCOCC5)cc4)cc23)cc1C#N. The van der Waals surface area contributed by atoms with E-state index in [9.17, 15) is 5.26 Å². The van der Waals surface area contributed by atoms with E-state index in [2.05, 4.69) is 70.6 Å². The van der Waals surface area contributed by atoms with Crippen LogP contribution in [0, 0.1) is 18.3 Å². The number of H-pyrrole nitrogens is 1. The average Bonchev–Trinajstić information content (AvgIpc) is 3.25. The molecule has 4 nitrogen and oxygen atoms in total. The highest BCUT2D eigenvalue weighted by molar-refractivity contribution is 5.98. The summed E-state index contributed by atoms with van der Waals surface area (Å²) < 4.78 is 5.45. The number of nitrogens with zero attached hydrogens (tertiary/aromatic N) is 2. The highest BCUT2D eigenvalue weighted by Crippen LogP contribution is 2.33. The van der Waals surface area contributed by atoms with Crippen LogP contribution in [0.3, 0.4) is 0 Å². The Labute approximate surface area is 176 Å². The number of hydrogen-bond donors (Lipinski definition) is 1. The van der Waals surface area contributed by atoms with Gasteiger partial charge in [-0.2, -0.15) is 5.26 Å². The molecule has 5 rings (SSSR count). The number of rotatable bonds is 3. The number of aryl methyl sites for hydroxylation is 1. The Morgan fingerprint density at radius 1 is 0.933 bits per heavy atom. The van der Waals surface area contributed by atoms with Crippen LogP contribution in [0.25, 0.3) is 33.3 Å². The van der Waals surface area contributed by atoms with Crippen molar-refractivity contribution in [3.63, 3.8) is 0 Å². The molecule has 148 valence electrons. The van der Waals surface area contributed by atoms with Crippen molar-refractivity contribution in [2.24, 2.45) is 0 Å². The molecular weight excluding hydrogens is 370 g/mol. The van der Waals surface area contributed by atoms with Crippen LogP contribution in [0.15, 0.2) is 66.7 Å². The summed E-state index contributed by atoms with van der Waals surface area (Å²) in [6.45, 7) is 5.43. The van der Waals surface area contributed by atoms with E-state index in [0.717, 1.165) is 70.7 Å². The van der Waals surface area contributed by atoms with Gasteiger partial charge in [0.15, 0.2) is 0 Å². The summed E-state index contributed by atoms with van der Waals surface area (Å²) in [5.74, 6) is 0. The lowest BCUT2D eigenvalue weighted by molar-refractivity contribution is 0.122. The first-order valence-electron chi connectivity index (χ1n) is 10.3. The van der Waals surface area contributed by atoms with Gasteiger partial charge in [0.1, 0.15) is 0 Å². The Bertz CT molecular complexity index is 1240. The topological polar surface area (TPSA) is 52.0 Å². The largest absolute Gasteiger partial charge is 0.378 e. The Kier molecular flexibility index (Phi) is 4.74. The summed E-state index contributed by atoms with van der Waals surface area (Å²) in [5.41, 5.74) is 8.52. The number of ether oxygens (including phenoxy) is 1. The fourth-order valence-electron chi connectivity index (χ4n) is 4.15. The molecule has 0 aliphatic carbocycles. The maximum atomic E-state index is 9.41. The summed E-state index contributed by atoms with van der Waals surface area (Å²) >= 11 is 0. The molecule has 4 heteroatoms. The second kappa shape index (κ2) is 7.70. The van der Waals surface area contributed by atoms with Crippen LogP contribution in [-0.4, -0.2) is 31.3 Å². The summed E-state index contributed by atoms with van der Waals surface area (Å²) in [5, 5.41) is 10.6. The molecule has 4 aromatic rings. The Balaban J connectivity index is 1.51. The monoisotopic (exact) mass is 393 g/mol. The second-order valence-electron chi connectivity index (χ2n) is 7.74. The third kappa shape index (κ3) is 3.34. The second-order valence-corrected chi connectivity index (χ2v) is 7.74. The molecular formula is C26H23N3O. The van der Waals surface area contributed by atoms with Gasteiger partial charge in [-0.25, -0.2) is 0 Å². The standard InChI is InChI=1S/C26H23N3O/c1-18-5-6-20(15-21(18)17-27)23-3-2-4-25-24(23)16-26(28-25)19-7-9-22(10-8-19)29-11-13-30-14-12-29/h2-10,15-16,28H,11-14H2,1H3. The Morgan fingerprint density at radius 3 is 2.47 bits per heavy atom. The smallest absolute Gasteiger partial charge is 0.0994 e. The molecule has 0 bridgehead atoms. The number of hydrogen-bond acceptors (Lipinski definition) is 3. The Hall–Kier alpha value is -3.55. The number of morpholine rings is 1. The minimum absolute atomic E-state index is 0.721. The summed E-state index contributed by atoms with van der Waals surface area (Å²) in [6, 6.07) is 25.6. The van der Waals surface area contributed by atoms with Crippen molar-refractivity contribution in [3.05, 3.63) is 77.9 Å². The number of nitriles is 1. The molecule has 1 saturated heterocycles. The van der Waals surface area contributed by atoms with Crippen molar-refractivity contribution in [1.29, 1.82) is 5.26 Å². The van der Waals surface area contributed by atoms with Crippen LogP contribution in [0.4, 0.5) is 5.69 Å². The summed E-state index contributed by atoms with van der Waals surface area (Å²) in [6.07, 6.45) is 0. The van der Waals surface area contributed by atoms with Gasteiger partial charge < -0.3 is 14.6 Å². The van der Waals surface area contributed by atoms with Gasteiger partial charge in [0.25, 0.3) is 0 Å². The van der Waals surface area contributed by atoms with Gasteiger partial charge in [-0.15, -0.1) is 0 Å². The molecule has 30 heavy (non-hydrogen) atoms. The van der Waals surface area contributed by atoms with Crippen molar-refractivity contribution >= 4 is 16.6 Å². The predicted octanol–water partition coefficient (Wildman–Crippen LogP) is 5.52. The summed E-state index contributed by atoms with van der Waals surface area (Å²) in [7, 11) is 0. The van der Waals surface area contributed by atoms with Crippen LogP contribution in [0.5, 0.6) is 0 Å². The van der Waals surface area contributed by atoms with E-state index in [-0.39, 0.29) is 0 Å².